The first-order valence-electron chi connectivity index (χ1n) is 5.99. The number of piperidine rings is 1. The van der Waals surface area contributed by atoms with Crippen molar-refractivity contribution in [3.05, 3.63) is 35.4 Å². The summed E-state index contributed by atoms with van der Waals surface area (Å²) >= 11 is 0. The zero-order valence-corrected chi connectivity index (χ0v) is 9.63. The van der Waals surface area contributed by atoms with Crippen LogP contribution in [0.5, 0.6) is 0 Å². The van der Waals surface area contributed by atoms with Crippen LogP contribution in [0, 0.1) is 17.6 Å². The van der Waals surface area contributed by atoms with E-state index in [1.165, 1.54) is 12.1 Å². The molecule has 4 heteroatoms. The van der Waals surface area contributed by atoms with Crippen molar-refractivity contribution in [2.45, 2.75) is 25.4 Å². The fourth-order valence-electron chi connectivity index (χ4n) is 2.31. The Morgan fingerprint density at radius 3 is 2.65 bits per heavy atom. The molecule has 1 unspecified atom stereocenters. The van der Waals surface area contributed by atoms with E-state index in [0.717, 1.165) is 32.0 Å². The van der Waals surface area contributed by atoms with Crippen LogP contribution < -0.4 is 5.32 Å². The van der Waals surface area contributed by atoms with Gasteiger partial charge in [0.15, 0.2) is 0 Å². The molecule has 17 heavy (non-hydrogen) atoms. The first kappa shape index (κ1) is 12.5. The Labute approximate surface area is 99.7 Å². The smallest absolute Gasteiger partial charge is 0.129 e. The molecule has 0 amide bonds. The van der Waals surface area contributed by atoms with Gasteiger partial charge >= 0.3 is 0 Å². The first-order valence-corrected chi connectivity index (χ1v) is 5.99. The van der Waals surface area contributed by atoms with Crippen molar-refractivity contribution in [2.24, 2.45) is 5.92 Å². The van der Waals surface area contributed by atoms with Crippen molar-refractivity contribution < 1.29 is 13.9 Å². The summed E-state index contributed by atoms with van der Waals surface area (Å²) < 4.78 is 26.1. The summed E-state index contributed by atoms with van der Waals surface area (Å²) in [5.41, 5.74) is 0.387. The van der Waals surface area contributed by atoms with Crippen LogP contribution in [0.25, 0.3) is 0 Å². The molecule has 1 aromatic rings. The van der Waals surface area contributed by atoms with Crippen LogP contribution >= 0.6 is 0 Å². The molecule has 2 nitrogen and oxygen atoms in total. The minimum atomic E-state index is -0.581. The number of halogens is 2. The van der Waals surface area contributed by atoms with Gasteiger partial charge in [0.25, 0.3) is 0 Å². The summed E-state index contributed by atoms with van der Waals surface area (Å²) in [6.07, 6.45) is 1.53. The highest BCUT2D eigenvalue weighted by Crippen LogP contribution is 2.21. The van der Waals surface area contributed by atoms with Crippen molar-refractivity contribution in [2.75, 3.05) is 13.1 Å². The van der Waals surface area contributed by atoms with E-state index in [-0.39, 0.29) is 12.3 Å². The van der Waals surface area contributed by atoms with Gasteiger partial charge in [-0.05, 0) is 43.5 Å². The zero-order chi connectivity index (χ0) is 12.3. The molecule has 1 aromatic carbocycles. The second-order valence-electron chi connectivity index (χ2n) is 4.59. The van der Waals surface area contributed by atoms with E-state index in [1.54, 1.807) is 0 Å². The quantitative estimate of drug-likeness (QED) is 0.846. The number of nitrogens with one attached hydrogen (secondary N) is 1. The molecule has 1 atom stereocenters. The van der Waals surface area contributed by atoms with Gasteiger partial charge in [-0.1, -0.05) is 6.07 Å². The Hall–Kier alpha value is -1.00. The standard InChI is InChI=1S/C13H17F2NO/c14-11-2-1-10(12(15)8-11)7-13(17)9-3-5-16-6-4-9/h1-2,8-9,13,16-17H,3-7H2. The van der Waals surface area contributed by atoms with Gasteiger partial charge in [0.1, 0.15) is 11.6 Å². The number of aliphatic hydroxyl groups excluding tert-OH is 1. The van der Waals surface area contributed by atoms with E-state index >= 15 is 0 Å². The molecule has 1 saturated heterocycles. The van der Waals surface area contributed by atoms with Crippen molar-refractivity contribution in [1.82, 2.24) is 5.32 Å². The molecule has 2 N–H and O–H groups in total. The second kappa shape index (κ2) is 5.56. The van der Waals surface area contributed by atoms with E-state index in [1.807, 2.05) is 0 Å². The maximum absolute atomic E-state index is 13.4. The maximum Gasteiger partial charge on any atom is 0.129 e. The van der Waals surface area contributed by atoms with Crippen LogP contribution in [-0.4, -0.2) is 24.3 Å². The molecule has 0 radical (unpaired) electrons. The van der Waals surface area contributed by atoms with Gasteiger partial charge in [0.2, 0.25) is 0 Å². The first-order chi connectivity index (χ1) is 8.16. The van der Waals surface area contributed by atoms with Crippen LogP contribution in [-0.2, 0) is 6.42 Å². The molecule has 2 rings (SSSR count). The molecule has 94 valence electrons. The van der Waals surface area contributed by atoms with Crippen LogP contribution in [0.15, 0.2) is 18.2 Å². The Morgan fingerprint density at radius 1 is 1.29 bits per heavy atom. The highest BCUT2D eigenvalue weighted by atomic mass is 19.1. The van der Waals surface area contributed by atoms with Gasteiger partial charge in [0.05, 0.1) is 6.10 Å². The van der Waals surface area contributed by atoms with Crippen molar-refractivity contribution in [3.8, 4) is 0 Å². The third-order valence-corrected chi connectivity index (χ3v) is 3.37. The lowest BCUT2D eigenvalue weighted by Crippen LogP contribution is -2.35. The fourth-order valence-corrected chi connectivity index (χ4v) is 2.31. The van der Waals surface area contributed by atoms with Gasteiger partial charge < -0.3 is 10.4 Å². The fraction of sp³-hybridized carbons (Fsp3) is 0.538. The lowest BCUT2D eigenvalue weighted by Gasteiger charge is -2.27. The minimum absolute atomic E-state index is 0.209. The third kappa shape index (κ3) is 3.23. The van der Waals surface area contributed by atoms with Gasteiger partial charge in [-0.3, -0.25) is 0 Å². The average molecular weight is 241 g/mol. The van der Waals surface area contributed by atoms with Crippen LogP contribution in [0.2, 0.25) is 0 Å². The van der Waals surface area contributed by atoms with Crippen LogP contribution in [0.4, 0.5) is 8.78 Å². The molecule has 0 aliphatic carbocycles. The van der Waals surface area contributed by atoms with Gasteiger partial charge in [-0.2, -0.15) is 0 Å². The molecule has 1 fully saturated rings. The van der Waals surface area contributed by atoms with Gasteiger partial charge in [0, 0.05) is 12.5 Å². The van der Waals surface area contributed by atoms with Gasteiger partial charge in [-0.15, -0.1) is 0 Å². The van der Waals surface area contributed by atoms with Crippen molar-refractivity contribution in [3.63, 3.8) is 0 Å². The highest BCUT2D eigenvalue weighted by Gasteiger charge is 2.22. The normalized spacial score (nSPS) is 19.2. The molecular formula is C13H17F2NO. The second-order valence-corrected chi connectivity index (χ2v) is 4.59. The Morgan fingerprint density at radius 2 is 2.00 bits per heavy atom. The Balaban J connectivity index is 1.99. The summed E-state index contributed by atoms with van der Waals surface area (Å²) in [4.78, 5) is 0. The predicted octanol–water partition coefficient (Wildman–Crippen LogP) is 1.87. The number of hydrogen-bond acceptors (Lipinski definition) is 2. The maximum atomic E-state index is 13.4. The van der Waals surface area contributed by atoms with E-state index in [4.69, 9.17) is 0 Å². The Kier molecular flexibility index (Phi) is 4.07. The van der Waals surface area contributed by atoms with E-state index in [0.29, 0.717) is 5.56 Å². The summed E-state index contributed by atoms with van der Waals surface area (Å²) in [7, 11) is 0. The predicted molar refractivity (Wildman–Crippen MR) is 61.7 cm³/mol. The lowest BCUT2D eigenvalue weighted by molar-refractivity contribution is 0.0882. The molecule has 1 heterocycles. The third-order valence-electron chi connectivity index (χ3n) is 3.37. The lowest BCUT2D eigenvalue weighted by atomic mass is 9.88. The molecule has 1 aliphatic heterocycles. The monoisotopic (exact) mass is 241 g/mol. The molecule has 0 spiro atoms. The number of benzene rings is 1. The molecule has 0 bridgehead atoms. The van der Waals surface area contributed by atoms with E-state index in [2.05, 4.69) is 5.32 Å². The largest absolute Gasteiger partial charge is 0.392 e. The van der Waals surface area contributed by atoms with Crippen molar-refractivity contribution >= 4 is 0 Å². The van der Waals surface area contributed by atoms with Crippen LogP contribution in [0.1, 0.15) is 18.4 Å². The topological polar surface area (TPSA) is 32.3 Å². The zero-order valence-electron chi connectivity index (χ0n) is 9.63. The average Bonchev–Trinajstić information content (AvgIpc) is 2.34. The minimum Gasteiger partial charge on any atom is -0.392 e. The molecule has 0 aromatic heterocycles. The summed E-state index contributed by atoms with van der Waals surface area (Å²) in [5, 5.41) is 13.3. The van der Waals surface area contributed by atoms with E-state index < -0.39 is 17.7 Å². The molecule has 0 saturated carbocycles. The number of aliphatic hydroxyl groups is 1. The number of hydrogen-bond donors (Lipinski definition) is 2. The summed E-state index contributed by atoms with van der Waals surface area (Å²) in [6.45, 7) is 1.79. The summed E-state index contributed by atoms with van der Waals surface area (Å²) in [5.74, 6) is -0.943. The van der Waals surface area contributed by atoms with Crippen LogP contribution in [0.3, 0.4) is 0 Å². The molecule has 1 aliphatic rings. The molecular weight excluding hydrogens is 224 g/mol. The highest BCUT2D eigenvalue weighted by molar-refractivity contribution is 5.19. The Bertz CT molecular complexity index is 378. The number of rotatable bonds is 3. The van der Waals surface area contributed by atoms with E-state index in [9.17, 15) is 13.9 Å². The van der Waals surface area contributed by atoms with Gasteiger partial charge in [-0.25, -0.2) is 8.78 Å². The summed E-state index contributed by atoms with van der Waals surface area (Å²) in [6, 6.07) is 3.51. The van der Waals surface area contributed by atoms with Crippen molar-refractivity contribution in [1.29, 1.82) is 0 Å². The SMILES string of the molecule is OC(Cc1ccc(F)cc1F)C1CCNCC1.